The molecule has 2 atom stereocenters. The van der Waals surface area contributed by atoms with E-state index in [1.165, 1.54) is 11.8 Å². The van der Waals surface area contributed by atoms with Gasteiger partial charge in [0.05, 0.1) is 0 Å². The van der Waals surface area contributed by atoms with Gasteiger partial charge in [0.2, 0.25) is 0 Å². The topological polar surface area (TPSA) is 74.8 Å². The van der Waals surface area contributed by atoms with E-state index < -0.39 is 29.8 Å². The number of rotatable bonds is 4. The molecule has 2 aliphatic heterocycles. The molecular weight excluding hydrogens is 442 g/mol. The zero-order valence-electron chi connectivity index (χ0n) is 18.8. The number of amides is 3. The van der Waals surface area contributed by atoms with Crippen LogP contribution in [0.15, 0.2) is 42.6 Å². The maximum Gasteiger partial charge on any atom is 0.418 e. The molecule has 180 valence electrons. The number of aromatic nitrogens is 1. The van der Waals surface area contributed by atoms with Gasteiger partial charge in [0.15, 0.2) is 11.6 Å². The third kappa shape index (κ3) is 4.61. The highest BCUT2D eigenvalue weighted by Crippen LogP contribution is 2.35. The number of hydrogen-bond donors (Lipinski definition) is 1. The summed E-state index contributed by atoms with van der Waals surface area (Å²) in [5.41, 5.74) is 1.48. The van der Waals surface area contributed by atoms with Crippen LogP contribution < -0.4 is 5.32 Å². The molecule has 9 heteroatoms. The molecule has 5 rings (SSSR count). The SMILES string of the molecule is O=C(N[C@@H]1CCN([C@H]2CC[C@H](c3ccccn3)CC2)C1)N1C(=O)OC[C@@H]1c1ccc(F)c(F)c1. The number of imide groups is 1. The van der Waals surface area contributed by atoms with E-state index in [0.717, 1.165) is 62.2 Å². The average molecular weight is 471 g/mol. The van der Waals surface area contributed by atoms with Gasteiger partial charge in [0.25, 0.3) is 0 Å². The lowest BCUT2D eigenvalue weighted by Crippen LogP contribution is -2.47. The highest BCUT2D eigenvalue weighted by atomic mass is 19.2. The minimum absolute atomic E-state index is 0.0833. The lowest BCUT2D eigenvalue weighted by molar-refractivity contribution is 0.155. The third-order valence-electron chi connectivity index (χ3n) is 7.29. The van der Waals surface area contributed by atoms with E-state index in [1.54, 1.807) is 0 Å². The van der Waals surface area contributed by atoms with Gasteiger partial charge in [-0.1, -0.05) is 12.1 Å². The summed E-state index contributed by atoms with van der Waals surface area (Å²) in [5, 5.41) is 2.95. The monoisotopic (exact) mass is 470 g/mol. The minimum atomic E-state index is -1.03. The predicted octanol–water partition coefficient (Wildman–Crippen LogP) is 4.36. The zero-order chi connectivity index (χ0) is 23.7. The highest BCUT2D eigenvalue weighted by Gasteiger charge is 2.41. The van der Waals surface area contributed by atoms with Crippen LogP contribution in [0, 0.1) is 11.6 Å². The van der Waals surface area contributed by atoms with Crippen molar-refractivity contribution >= 4 is 12.1 Å². The number of hydrogen-bond acceptors (Lipinski definition) is 5. The summed E-state index contributed by atoms with van der Waals surface area (Å²) in [5.74, 6) is -1.50. The fraction of sp³-hybridized carbons (Fsp3) is 0.480. The van der Waals surface area contributed by atoms with Gasteiger partial charge in [-0.3, -0.25) is 9.88 Å². The number of likely N-dealkylation sites (tertiary alicyclic amines) is 1. The van der Waals surface area contributed by atoms with Gasteiger partial charge in [0.1, 0.15) is 12.6 Å². The van der Waals surface area contributed by atoms with Crippen LogP contribution in [-0.4, -0.2) is 58.7 Å². The van der Waals surface area contributed by atoms with E-state index in [2.05, 4.69) is 21.3 Å². The van der Waals surface area contributed by atoms with Gasteiger partial charge in [-0.25, -0.2) is 23.3 Å². The van der Waals surface area contributed by atoms with Crippen LogP contribution in [0.5, 0.6) is 0 Å². The normalized spacial score (nSPS) is 27.6. The Morgan fingerprint density at radius 3 is 2.62 bits per heavy atom. The Labute approximate surface area is 197 Å². The Kier molecular flexibility index (Phi) is 6.45. The van der Waals surface area contributed by atoms with Gasteiger partial charge >= 0.3 is 12.1 Å². The van der Waals surface area contributed by atoms with Crippen molar-refractivity contribution < 1.29 is 23.1 Å². The van der Waals surface area contributed by atoms with Gasteiger partial charge in [-0.05, 0) is 61.9 Å². The van der Waals surface area contributed by atoms with E-state index >= 15 is 0 Å². The predicted molar refractivity (Wildman–Crippen MR) is 120 cm³/mol. The summed E-state index contributed by atoms with van der Waals surface area (Å²) in [6.45, 7) is 1.53. The van der Waals surface area contributed by atoms with Crippen LogP contribution >= 0.6 is 0 Å². The first-order valence-electron chi connectivity index (χ1n) is 11.9. The number of nitrogens with zero attached hydrogens (tertiary/aromatic N) is 3. The molecule has 0 spiro atoms. The smallest absolute Gasteiger partial charge is 0.418 e. The van der Waals surface area contributed by atoms with Gasteiger partial charge < -0.3 is 10.1 Å². The summed E-state index contributed by atoms with van der Waals surface area (Å²) < 4.78 is 32.1. The lowest BCUT2D eigenvalue weighted by Gasteiger charge is -2.34. The van der Waals surface area contributed by atoms with E-state index in [4.69, 9.17) is 4.74 Å². The van der Waals surface area contributed by atoms with E-state index in [0.29, 0.717) is 17.5 Å². The van der Waals surface area contributed by atoms with E-state index in [-0.39, 0.29) is 12.6 Å². The van der Waals surface area contributed by atoms with Crippen molar-refractivity contribution in [1.29, 1.82) is 0 Å². The third-order valence-corrected chi connectivity index (χ3v) is 7.29. The molecule has 0 unspecified atom stereocenters. The number of nitrogens with one attached hydrogen (secondary N) is 1. The first-order valence-corrected chi connectivity index (χ1v) is 11.9. The molecule has 2 saturated heterocycles. The molecule has 1 aromatic carbocycles. The molecule has 0 bridgehead atoms. The number of carbonyl (C=O) groups excluding carboxylic acids is 2. The van der Waals surface area contributed by atoms with Crippen LogP contribution in [0.25, 0.3) is 0 Å². The fourth-order valence-corrected chi connectivity index (χ4v) is 5.45. The maximum absolute atomic E-state index is 13.7. The number of ether oxygens (including phenoxy) is 1. The molecule has 3 amide bonds. The Balaban J connectivity index is 1.16. The van der Waals surface area contributed by atoms with Gasteiger partial charge in [-0.15, -0.1) is 0 Å². The second-order valence-electron chi connectivity index (χ2n) is 9.33. The molecular formula is C25H28F2N4O3. The fourth-order valence-electron chi connectivity index (χ4n) is 5.45. The van der Waals surface area contributed by atoms with Gasteiger partial charge in [0, 0.05) is 43.0 Å². The second-order valence-corrected chi connectivity index (χ2v) is 9.33. The molecule has 34 heavy (non-hydrogen) atoms. The van der Waals surface area contributed by atoms with Crippen molar-refractivity contribution in [2.24, 2.45) is 0 Å². The van der Waals surface area contributed by atoms with Crippen molar-refractivity contribution in [3.05, 3.63) is 65.5 Å². The summed E-state index contributed by atoms with van der Waals surface area (Å²) in [7, 11) is 0. The van der Waals surface area contributed by atoms with E-state index in [9.17, 15) is 18.4 Å². The Bertz CT molecular complexity index is 1050. The van der Waals surface area contributed by atoms with Crippen molar-refractivity contribution in [2.75, 3.05) is 19.7 Å². The number of urea groups is 1. The summed E-state index contributed by atoms with van der Waals surface area (Å²) in [6, 6.07) is 8.47. The highest BCUT2D eigenvalue weighted by molar-refractivity contribution is 5.92. The average Bonchev–Trinajstić information content (AvgIpc) is 3.48. The van der Waals surface area contributed by atoms with Crippen LogP contribution in [0.2, 0.25) is 0 Å². The number of carbonyl (C=O) groups is 2. The summed E-state index contributed by atoms with van der Waals surface area (Å²) in [4.78, 5) is 33.1. The minimum Gasteiger partial charge on any atom is -0.446 e. The van der Waals surface area contributed by atoms with Gasteiger partial charge in [-0.2, -0.15) is 0 Å². The number of pyridine rings is 1. The molecule has 3 heterocycles. The molecule has 7 nitrogen and oxygen atoms in total. The lowest BCUT2D eigenvalue weighted by atomic mass is 9.83. The summed E-state index contributed by atoms with van der Waals surface area (Å²) in [6.07, 6.45) is 6.26. The van der Waals surface area contributed by atoms with Crippen molar-refractivity contribution in [3.8, 4) is 0 Å². The van der Waals surface area contributed by atoms with Crippen LogP contribution in [-0.2, 0) is 4.74 Å². The summed E-state index contributed by atoms with van der Waals surface area (Å²) >= 11 is 0. The molecule has 1 saturated carbocycles. The van der Waals surface area contributed by atoms with Crippen LogP contribution in [0.4, 0.5) is 18.4 Å². The van der Waals surface area contributed by atoms with Crippen LogP contribution in [0.3, 0.4) is 0 Å². The molecule has 1 N–H and O–H groups in total. The number of halogens is 2. The van der Waals surface area contributed by atoms with E-state index in [1.807, 2.05) is 18.3 Å². The first-order chi connectivity index (χ1) is 16.5. The van der Waals surface area contributed by atoms with Crippen molar-refractivity contribution in [2.45, 2.75) is 56.1 Å². The first kappa shape index (κ1) is 22.7. The quantitative estimate of drug-likeness (QED) is 0.719. The molecule has 3 fully saturated rings. The zero-order valence-corrected chi connectivity index (χ0v) is 18.8. The number of benzene rings is 1. The molecule has 2 aromatic rings. The van der Waals surface area contributed by atoms with Crippen molar-refractivity contribution in [3.63, 3.8) is 0 Å². The Hall–Kier alpha value is -3.07. The molecule has 1 aromatic heterocycles. The maximum atomic E-state index is 13.7. The Morgan fingerprint density at radius 1 is 1.06 bits per heavy atom. The second kappa shape index (κ2) is 9.66. The number of cyclic esters (lactones) is 1. The molecule has 1 aliphatic carbocycles. The standard InChI is InChI=1S/C25H28F2N4O3/c26-20-9-6-17(13-21(20)27)23-15-34-25(33)31(23)24(32)29-18-10-12-30(14-18)19-7-4-16(5-8-19)22-3-1-2-11-28-22/h1-3,6,9,11,13,16,18-19,23H,4-5,7-8,10,12,14-15H2,(H,29,32)/t16-,18-,19-,23-/m1/s1. The van der Waals surface area contributed by atoms with Crippen LogP contribution in [0.1, 0.15) is 55.3 Å². The Morgan fingerprint density at radius 2 is 1.88 bits per heavy atom. The molecule has 3 aliphatic rings. The molecule has 0 radical (unpaired) electrons. The largest absolute Gasteiger partial charge is 0.446 e. The van der Waals surface area contributed by atoms with Crippen molar-refractivity contribution in [1.82, 2.24) is 20.1 Å².